The monoisotopic (exact) mass is 319 g/mol. The number of esters is 1. The van der Waals surface area contributed by atoms with Gasteiger partial charge >= 0.3 is 16.3 Å². The van der Waals surface area contributed by atoms with E-state index in [0.717, 1.165) is 0 Å². The zero-order valence-electron chi connectivity index (χ0n) is 11.6. The van der Waals surface area contributed by atoms with Gasteiger partial charge in [0.2, 0.25) is 0 Å². The number of para-hydroxylation sites is 1. The Morgan fingerprint density at radius 3 is 2.41 bits per heavy atom. The van der Waals surface area contributed by atoms with Crippen LogP contribution in [0.25, 0.3) is 0 Å². The zero-order valence-corrected chi connectivity index (χ0v) is 12.5. The van der Waals surface area contributed by atoms with Gasteiger partial charge in [0.05, 0.1) is 7.11 Å². The molecule has 0 fully saturated rings. The van der Waals surface area contributed by atoms with Crippen LogP contribution in [0.3, 0.4) is 0 Å². The van der Waals surface area contributed by atoms with Crippen LogP contribution in [0, 0.1) is 0 Å². The summed E-state index contributed by atoms with van der Waals surface area (Å²) >= 11 is 0. The van der Waals surface area contributed by atoms with E-state index in [0.29, 0.717) is 11.1 Å². The summed E-state index contributed by atoms with van der Waals surface area (Å²) in [5.41, 5.74) is -0.854. The highest BCUT2D eigenvalue weighted by Gasteiger charge is 2.52. The fourth-order valence-corrected chi connectivity index (χ4v) is 3.67. The Bertz CT molecular complexity index is 819. The topological polar surface area (TPSA) is 81.7 Å². The highest BCUT2D eigenvalue weighted by atomic mass is 32.2. The van der Waals surface area contributed by atoms with E-state index in [9.17, 15) is 13.2 Å². The molecule has 1 aliphatic rings. The molecule has 0 aliphatic carbocycles. The van der Waals surface area contributed by atoms with Crippen molar-refractivity contribution in [2.45, 2.75) is 5.54 Å². The van der Waals surface area contributed by atoms with Crippen LogP contribution in [-0.2, 0) is 25.4 Å². The first-order valence-corrected chi connectivity index (χ1v) is 7.87. The van der Waals surface area contributed by atoms with Gasteiger partial charge in [0.25, 0.3) is 0 Å². The summed E-state index contributed by atoms with van der Waals surface area (Å²) in [5.74, 6) is -0.645. The maximum atomic E-state index is 12.5. The third-order valence-corrected chi connectivity index (χ3v) is 4.42. The Balaban J connectivity index is 2.37. The maximum Gasteiger partial charge on any atom is 0.384 e. The molecule has 3 rings (SSSR count). The predicted octanol–water partition coefficient (Wildman–Crippen LogP) is 1.33. The molecule has 0 bridgehead atoms. The number of methoxy groups -OCH3 is 1. The molecule has 1 heterocycles. The van der Waals surface area contributed by atoms with Crippen LogP contribution in [0.4, 0.5) is 0 Å². The van der Waals surface area contributed by atoms with Crippen LogP contribution in [0.5, 0.6) is 5.75 Å². The minimum atomic E-state index is -4.16. The Morgan fingerprint density at radius 1 is 1.09 bits per heavy atom. The number of hydrogen-bond acceptors (Lipinski definition) is 5. The van der Waals surface area contributed by atoms with Crippen LogP contribution in [0.1, 0.15) is 11.1 Å². The van der Waals surface area contributed by atoms with Gasteiger partial charge in [-0.15, -0.1) is 0 Å². The smallest absolute Gasteiger partial charge is 0.384 e. The summed E-state index contributed by atoms with van der Waals surface area (Å²) in [6.07, 6.45) is 0. The van der Waals surface area contributed by atoms with E-state index >= 15 is 0 Å². The van der Waals surface area contributed by atoms with Crippen molar-refractivity contribution < 1.29 is 22.1 Å². The average molecular weight is 319 g/mol. The summed E-state index contributed by atoms with van der Waals surface area (Å²) in [6.45, 7) is 0. The van der Waals surface area contributed by atoms with Gasteiger partial charge in [-0.05, 0) is 11.6 Å². The highest BCUT2D eigenvalue weighted by molar-refractivity contribution is 7.85. The molecular formula is C15H13NO5S. The summed E-state index contributed by atoms with van der Waals surface area (Å²) < 4.78 is 36.3. The minimum Gasteiger partial charge on any atom is -0.467 e. The number of benzene rings is 2. The summed E-state index contributed by atoms with van der Waals surface area (Å²) in [7, 11) is -2.95. The second kappa shape index (κ2) is 5.11. The Morgan fingerprint density at radius 2 is 1.73 bits per heavy atom. The molecule has 0 aromatic heterocycles. The van der Waals surface area contributed by atoms with E-state index in [2.05, 4.69) is 4.72 Å². The molecule has 0 unspecified atom stereocenters. The van der Waals surface area contributed by atoms with Crippen molar-refractivity contribution in [1.29, 1.82) is 0 Å². The van der Waals surface area contributed by atoms with Crippen LogP contribution in [-0.4, -0.2) is 21.5 Å². The number of ether oxygens (including phenoxy) is 1. The Hall–Kier alpha value is -2.38. The molecule has 6 nitrogen and oxygen atoms in total. The standard InChI is InChI=1S/C15H13NO5S/c1-20-14(17)15(11-7-3-2-4-8-11)12-9-5-6-10-13(12)21-22(18,19)16-15/h2-10,16H,1H3/t15-/m1/s1. The van der Waals surface area contributed by atoms with Crippen molar-refractivity contribution in [3.8, 4) is 5.75 Å². The molecule has 0 saturated carbocycles. The number of nitrogens with one attached hydrogen (secondary N) is 1. The predicted molar refractivity (Wildman–Crippen MR) is 78.4 cm³/mol. The molecule has 1 aliphatic heterocycles. The second-order valence-corrected chi connectivity index (χ2v) is 6.02. The van der Waals surface area contributed by atoms with Crippen molar-refractivity contribution in [3.63, 3.8) is 0 Å². The normalized spacial score (nSPS) is 22.2. The maximum absolute atomic E-state index is 12.5. The molecule has 0 amide bonds. The van der Waals surface area contributed by atoms with Crippen molar-refractivity contribution in [2.75, 3.05) is 7.11 Å². The van der Waals surface area contributed by atoms with Crippen molar-refractivity contribution in [3.05, 3.63) is 65.7 Å². The van der Waals surface area contributed by atoms with E-state index in [1.54, 1.807) is 48.5 Å². The Kier molecular flexibility index (Phi) is 3.38. The molecule has 7 heteroatoms. The van der Waals surface area contributed by atoms with E-state index in [4.69, 9.17) is 8.92 Å². The van der Waals surface area contributed by atoms with Crippen LogP contribution < -0.4 is 8.91 Å². The van der Waals surface area contributed by atoms with Crippen LogP contribution >= 0.6 is 0 Å². The SMILES string of the molecule is COC(=O)[C@]1(c2ccccc2)NS(=O)(=O)Oc2ccccc21. The van der Waals surface area contributed by atoms with Crippen molar-refractivity contribution in [1.82, 2.24) is 4.72 Å². The lowest BCUT2D eigenvalue weighted by Crippen LogP contribution is -2.56. The van der Waals surface area contributed by atoms with E-state index < -0.39 is 21.8 Å². The molecule has 1 N–H and O–H groups in total. The van der Waals surface area contributed by atoms with Gasteiger partial charge in [-0.1, -0.05) is 48.5 Å². The van der Waals surface area contributed by atoms with Crippen LogP contribution in [0.2, 0.25) is 0 Å². The third-order valence-electron chi connectivity index (χ3n) is 3.47. The fraction of sp³-hybridized carbons (Fsp3) is 0.133. The molecule has 0 radical (unpaired) electrons. The minimum absolute atomic E-state index is 0.0931. The van der Waals surface area contributed by atoms with Gasteiger partial charge in [-0.25, -0.2) is 4.79 Å². The molecule has 2 aromatic carbocycles. The van der Waals surface area contributed by atoms with Gasteiger partial charge < -0.3 is 8.92 Å². The van der Waals surface area contributed by atoms with Gasteiger partial charge in [-0.2, -0.15) is 13.1 Å². The Labute approximate surface area is 127 Å². The van der Waals surface area contributed by atoms with E-state index in [1.165, 1.54) is 13.2 Å². The molecule has 2 aromatic rings. The number of rotatable bonds is 2. The van der Waals surface area contributed by atoms with E-state index in [1.807, 2.05) is 0 Å². The number of hydrogen-bond donors (Lipinski definition) is 1. The molecule has 22 heavy (non-hydrogen) atoms. The molecule has 1 atom stereocenters. The fourth-order valence-electron chi connectivity index (χ4n) is 2.56. The van der Waals surface area contributed by atoms with Crippen molar-refractivity contribution >= 4 is 16.3 Å². The van der Waals surface area contributed by atoms with Gasteiger partial charge in [0.15, 0.2) is 5.54 Å². The van der Waals surface area contributed by atoms with Crippen molar-refractivity contribution in [2.24, 2.45) is 0 Å². The van der Waals surface area contributed by atoms with Crippen LogP contribution in [0.15, 0.2) is 54.6 Å². The van der Waals surface area contributed by atoms with E-state index in [-0.39, 0.29) is 5.75 Å². The highest BCUT2D eigenvalue weighted by Crippen LogP contribution is 2.40. The third kappa shape index (κ3) is 2.15. The van der Waals surface area contributed by atoms with Gasteiger partial charge in [0, 0.05) is 5.56 Å². The quantitative estimate of drug-likeness (QED) is 0.845. The molecule has 0 saturated heterocycles. The number of carbonyl (C=O) groups is 1. The summed E-state index contributed by atoms with van der Waals surface area (Å²) in [4.78, 5) is 12.5. The number of fused-ring (bicyclic) bond motifs is 1. The number of carbonyl (C=O) groups excluding carboxylic acids is 1. The largest absolute Gasteiger partial charge is 0.467 e. The lowest BCUT2D eigenvalue weighted by molar-refractivity contribution is -0.146. The second-order valence-electron chi connectivity index (χ2n) is 4.74. The summed E-state index contributed by atoms with van der Waals surface area (Å²) in [6, 6.07) is 15.0. The molecule has 0 spiro atoms. The first kappa shape index (κ1) is 14.6. The van der Waals surface area contributed by atoms with Gasteiger partial charge in [-0.3, -0.25) is 0 Å². The zero-order chi connectivity index (χ0) is 15.8. The average Bonchev–Trinajstić information content (AvgIpc) is 2.53. The first-order valence-electron chi connectivity index (χ1n) is 6.46. The lowest BCUT2D eigenvalue weighted by atomic mass is 9.83. The first-order chi connectivity index (χ1) is 10.5. The summed E-state index contributed by atoms with van der Waals surface area (Å²) in [5, 5.41) is 0. The lowest BCUT2D eigenvalue weighted by Gasteiger charge is -2.36. The molecule has 114 valence electrons. The van der Waals surface area contributed by atoms with Gasteiger partial charge in [0.1, 0.15) is 5.75 Å². The molecular weight excluding hydrogens is 306 g/mol.